The fraction of sp³-hybridized carbons (Fsp3) is 1.00. The van der Waals surface area contributed by atoms with Gasteiger partial charge in [-0.1, -0.05) is 25.7 Å². The molecule has 0 aliphatic heterocycles. The standard InChI is InChI=1S/C14H28N2O2S/c15-9-3-4-10-16-19(17,18)14-8-7-12-5-1-2-6-13(12)11-14/h12-14,16H,1-11,15H2. The molecule has 0 spiro atoms. The lowest BCUT2D eigenvalue weighted by Crippen LogP contribution is -2.41. The minimum Gasteiger partial charge on any atom is -0.330 e. The number of sulfonamides is 1. The van der Waals surface area contributed by atoms with Crippen molar-refractivity contribution in [2.24, 2.45) is 17.6 Å². The molecule has 3 unspecified atom stereocenters. The summed E-state index contributed by atoms with van der Waals surface area (Å²) in [6, 6.07) is 0. The average molecular weight is 288 g/mol. The van der Waals surface area contributed by atoms with Gasteiger partial charge in [-0.15, -0.1) is 0 Å². The molecule has 112 valence electrons. The highest BCUT2D eigenvalue weighted by Crippen LogP contribution is 2.41. The third kappa shape index (κ3) is 4.17. The first-order valence-electron chi connectivity index (χ1n) is 7.82. The normalized spacial score (nSPS) is 31.9. The maximum absolute atomic E-state index is 12.3. The Bertz CT molecular complexity index is 370. The summed E-state index contributed by atoms with van der Waals surface area (Å²) < 4.78 is 27.3. The molecule has 19 heavy (non-hydrogen) atoms. The summed E-state index contributed by atoms with van der Waals surface area (Å²) in [6.45, 7) is 1.18. The Kier molecular flexibility index (Phi) is 5.66. The van der Waals surface area contributed by atoms with Gasteiger partial charge in [0.15, 0.2) is 0 Å². The molecule has 0 saturated heterocycles. The van der Waals surface area contributed by atoms with Crippen LogP contribution in [0.5, 0.6) is 0 Å². The molecule has 2 aliphatic carbocycles. The van der Waals surface area contributed by atoms with Gasteiger partial charge in [0.25, 0.3) is 0 Å². The van der Waals surface area contributed by atoms with Gasteiger partial charge in [-0.05, 0) is 50.5 Å². The van der Waals surface area contributed by atoms with Crippen LogP contribution in [0.1, 0.15) is 57.8 Å². The molecule has 4 nitrogen and oxygen atoms in total. The van der Waals surface area contributed by atoms with Crippen molar-refractivity contribution in [2.45, 2.75) is 63.0 Å². The predicted octanol–water partition coefficient (Wildman–Crippen LogP) is 2.00. The topological polar surface area (TPSA) is 72.2 Å². The van der Waals surface area contributed by atoms with E-state index in [0.717, 1.165) is 38.0 Å². The first-order chi connectivity index (χ1) is 9.13. The first kappa shape index (κ1) is 15.3. The lowest BCUT2D eigenvalue weighted by molar-refractivity contribution is 0.172. The fourth-order valence-electron chi connectivity index (χ4n) is 3.71. The van der Waals surface area contributed by atoms with Crippen LogP contribution >= 0.6 is 0 Å². The van der Waals surface area contributed by atoms with Crippen molar-refractivity contribution in [3.05, 3.63) is 0 Å². The molecule has 0 aromatic carbocycles. The monoisotopic (exact) mass is 288 g/mol. The van der Waals surface area contributed by atoms with E-state index in [4.69, 9.17) is 5.73 Å². The summed E-state index contributed by atoms with van der Waals surface area (Å²) in [5, 5.41) is -0.148. The summed E-state index contributed by atoms with van der Waals surface area (Å²) >= 11 is 0. The Balaban J connectivity index is 1.83. The highest BCUT2D eigenvalue weighted by atomic mass is 32.2. The summed E-state index contributed by atoms with van der Waals surface area (Å²) in [5.74, 6) is 1.46. The Labute approximate surface area is 117 Å². The summed E-state index contributed by atoms with van der Waals surface area (Å²) in [6.07, 6.45) is 9.77. The molecule has 2 saturated carbocycles. The van der Waals surface area contributed by atoms with Crippen molar-refractivity contribution in [3.8, 4) is 0 Å². The van der Waals surface area contributed by atoms with Crippen LogP contribution in [0.4, 0.5) is 0 Å². The highest BCUT2D eigenvalue weighted by molar-refractivity contribution is 7.90. The zero-order chi connectivity index (χ0) is 13.7. The van der Waals surface area contributed by atoms with Crippen LogP contribution in [0.2, 0.25) is 0 Å². The molecule has 2 rings (SSSR count). The second-order valence-electron chi connectivity index (χ2n) is 6.17. The SMILES string of the molecule is NCCCCNS(=O)(=O)C1CCC2CCCCC2C1. The molecule has 2 fully saturated rings. The molecule has 0 bridgehead atoms. The van der Waals surface area contributed by atoms with Gasteiger partial charge in [0.05, 0.1) is 5.25 Å². The zero-order valence-electron chi connectivity index (χ0n) is 11.8. The number of nitrogens with two attached hydrogens (primary N) is 1. The number of unbranched alkanes of at least 4 members (excludes halogenated alkanes) is 1. The van der Waals surface area contributed by atoms with Crippen LogP contribution in [0.15, 0.2) is 0 Å². The van der Waals surface area contributed by atoms with Gasteiger partial charge < -0.3 is 5.73 Å². The van der Waals surface area contributed by atoms with Crippen molar-refractivity contribution < 1.29 is 8.42 Å². The molecule has 3 atom stereocenters. The molecule has 0 radical (unpaired) electrons. The third-order valence-electron chi connectivity index (χ3n) is 4.86. The number of nitrogens with one attached hydrogen (secondary N) is 1. The second kappa shape index (κ2) is 7.04. The fourth-order valence-corrected chi connectivity index (χ4v) is 5.33. The van der Waals surface area contributed by atoms with E-state index < -0.39 is 10.0 Å². The van der Waals surface area contributed by atoms with Crippen molar-refractivity contribution in [2.75, 3.05) is 13.1 Å². The minimum atomic E-state index is -3.11. The Morgan fingerprint density at radius 1 is 1.00 bits per heavy atom. The Morgan fingerprint density at radius 2 is 1.74 bits per heavy atom. The number of fused-ring (bicyclic) bond motifs is 1. The molecule has 5 heteroatoms. The summed E-state index contributed by atoms with van der Waals surface area (Å²) in [7, 11) is -3.11. The van der Waals surface area contributed by atoms with Crippen molar-refractivity contribution in [1.29, 1.82) is 0 Å². The number of rotatable bonds is 6. The van der Waals surface area contributed by atoms with Crippen molar-refractivity contribution in [3.63, 3.8) is 0 Å². The van der Waals surface area contributed by atoms with E-state index in [1.54, 1.807) is 0 Å². The molecule has 0 aromatic rings. The number of hydrogen-bond acceptors (Lipinski definition) is 3. The summed E-state index contributed by atoms with van der Waals surface area (Å²) in [4.78, 5) is 0. The molecule has 0 heterocycles. The lowest BCUT2D eigenvalue weighted by atomic mass is 9.71. The van der Waals surface area contributed by atoms with E-state index >= 15 is 0 Å². The minimum absolute atomic E-state index is 0.148. The van der Waals surface area contributed by atoms with E-state index in [9.17, 15) is 8.42 Å². The van der Waals surface area contributed by atoms with Crippen LogP contribution in [-0.4, -0.2) is 26.8 Å². The van der Waals surface area contributed by atoms with Crippen molar-refractivity contribution in [1.82, 2.24) is 4.72 Å². The average Bonchev–Trinajstić information content (AvgIpc) is 2.43. The van der Waals surface area contributed by atoms with Crippen molar-refractivity contribution >= 4 is 10.0 Å². The summed E-state index contributed by atoms with van der Waals surface area (Å²) in [5.41, 5.74) is 5.42. The van der Waals surface area contributed by atoms with Gasteiger partial charge in [0.2, 0.25) is 10.0 Å². The van der Waals surface area contributed by atoms with Crippen LogP contribution in [0.3, 0.4) is 0 Å². The van der Waals surface area contributed by atoms with E-state index in [0.29, 0.717) is 19.0 Å². The van der Waals surface area contributed by atoms with Crippen LogP contribution in [0.25, 0.3) is 0 Å². The lowest BCUT2D eigenvalue weighted by Gasteiger charge is -2.38. The number of hydrogen-bond donors (Lipinski definition) is 2. The molecule has 0 aromatic heterocycles. The van der Waals surface area contributed by atoms with Gasteiger partial charge in [-0.2, -0.15) is 0 Å². The highest BCUT2D eigenvalue weighted by Gasteiger charge is 2.37. The van der Waals surface area contributed by atoms with Crippen LogP contribution < -0.4 is 10.5 Å². The maximum atomic E-state index is 12.3. The Hall–Kier alpha value is -0.130. The molecule has 2 aliphatic rings. The smallest absolute Gasteiger partial charge is 0.214 e. The largest absolute Gasteiger partial charge is 0.330 e. The molecular formula is C14H28N2O2S. The van der Waals surface area contributed by atoms with E-state index in [1.165, 1.54) is 25.7 Å². The zero-order valence-corrected chi connectivity index (χ0v) is 12.6. The molecular weight excluding hydrogens is 260 g/mol. The molecule has 0 amide bonds. The predicted molar refractivity (Wildman–Crippen MR) is 78.3 cm³/mol. The van der Waals surface area contributed by atoms with Gasteiger partial charge in [-0.25, -0.2) is 13.1 Å². The van der Waals surface area contributed by atoms with Crippen LogP contribution in [-0.2, 0) is 10.0 Å². The maximum Gasteiger partial charge on any atom is 0.214 e. The first-order valence-corrected chi connectivity index (χ1v) is 9.36. The van der Waals surface area contributed by atoms with Gasteiger partial charge in [-0.3, -0.25) is 0 Å². The third-order valence-corrected chi connectivity index (χ3v) is 6.78. The van der Waals surface area contributed by atoms with E-state index in [2.05, 4.69) is 4.72 Å². The second-order valence-corrected chi connectivity index (χ2v) is 8.22. The van der Waals surface area contributed by atoms with E-state index in [-0.39, 0.29) is 5.25 Å². The van der Waals surface area contributed by atoms with Crippen LogP contribution in [0, 0.1) is 11.8 Å². The Morgan fingerprint density at radius 3 is 2.47 bits per heavy atom. The van der Waals surface area contributed by atoms with Gasteiger partial charge in [0, 0.05) is 6.54 Å². The quantitative estimate of drug-likeness (QED) is 0.734. The van der Waals surface area contributed by atoms with E-state index in [1.807, 2.05) is 0 Å². The van der Waals surface area contributed by atoms with Gasteiger partial charge >= 0.3 is 0 Å². The van der Waals surface area contributed by atoms with Gasteiger partial charge in [0.1, 0.15) is 0 Å². The molecule has 3 N–H and O–H groups in total.